The molecule has 0 saturated carbocycles. The average Bonchev–Trinajstić information content (AvgIpc) is 2.23. The maximum atomic E-state index is 11.6. The van der Waals surface area contributed by atoms with Gasteiger partial charge in [-0.1, -0.05) is 6.92 Å². The first-order valence-electron chi connectivity index (χ1n) is 5.49. The number of methoxy groups -OCH3 is 1. The number of rotatable bonds is 7. The third-order valence-electron chi connectivity index (χ3n) is 2.64. The van der Waals surface area contributed by atoms with Crippen LogP contribution in [0.15, 0.2) is 0 Å². The molecule has 0 aliphatic carbocycles. The van der Waals surface area contributed by atoms with Crippen molar-refractivity contribution in [2.75, 3.05) is 32.6 Å². The summed E-state index contributed by atoms with van der Waals surface area (Å²) in [7, 11) is -2.02. The fourth-order valence-corrected chi connectivity index (χ4v) is 2.65. The molecular weight excluding hydrogens is 246 g/mol. The van der Waals surface area contributed by atoms with Crippen molar-refractivity contribution in [2.45, 2.75) is 19.8 Å². The summed E-state index contributed by atoms with van der Waals surface area (Å²) >= 11 is 0. The Labute approximate surface area is 102 Å². The molecule has 0 aromatic rings. The fraction of sp³-hybridized carbons (Fsp3) is 0.900. The number of carbonyl (C=O) groups excluding carboxylic acids is 1. The first kappa shape index (κ1) is 14.4. The number of hydrogen-bond acceptors (Lipinski definition) is 5. The summed E-state index contributed by atoms with van der Waals surface area (Å²) in [5.74, 6) is -0.446. The van der Waals surface area contributed by atoms with E-state index in [1.807, 2.05) is 6.92 Å². The maximum Gasteiger partial charge on any atom is 0.305 e. The van der Waals surface area contributed by atoms with Crippen molar-refractivity contribution in [1.82, 2.24) is 4.72 Å². The van der Waals surface area contributed by atoms with Crippen molar-refractivity contribution in [1.29, 1.82) is 0 Å². The average molecular weight is 265 g/mol. The fourth-order valence-electron chi connectivity index (χ4n) is 1.42. The lowest BCUT2D eigenvalue weighted by Crippen LogP contribution is -2.48. The van der Waals surface area contributed by atoms with E-state index in [1.54, 1.807) is 0 Å². The molecule has 0 amide bonds. The predicted molar refractivity (Wildman–Crippen MR) is 62.0 cm³/mol. The van der Waals surface area contributed by atoms with E-state index < -0.39 is 10.0 Å². The summed E-state index contributed by atoms with van der Waals surface area (Å²) < 4.78 is 35.2. The highest BCUT2D eigenvalue weighted by Gasteiger charge is 2.34. The number of nitrogens with one attached hydrogen (secondary N) is 1. The molecule has 1 heterocycles. The quantitative estimate of drug-likeness (QED) is 0.650. The lowest BCUT2D eigenvalue weighted by Gasteiger charge is -2.37. The minimum Gasteiger partial charge on any atom is -0.469 e. The Morgan fingerprint density at radius 1 is 1.47 bits per heavy atom. The Hall–Kier alpha value is -0.660. The number of hydrogen-bond donors (Lipinski definition) is 1. The van der Waals surface area contributed by atoms with Gasteiger partial charge in [-0.15, -0.1) is 0 Å². The maximum absolute atomic E-state index is 11.6. The van der Waals surface area contributed by atoms with Gasteiger partial charge in [0.15, 0.2) is 0 Å². The van der Waals surface area contributed by atoms with Crippen LogP contribution in [0.25, 0.3) is 0 Å². The van der Waals surface area contributed by atoms with Crippen LogP contribution in [0.2, 0.25) is 0 Å². The third-order valence-corrected chi connectivity index (χ3v) is 4.05. The van der Waals surface area contributed by atoms with Gasteiger partial charge in [-0.3, -0.25) is 4.79 Å². The van der Waals surface area contributed by atoms with Crippen LogP contribution in [-0.4, -0.2) is 47.0 Å². The Morgan fingerprint density at radius 2 is 2.12 bits per heavy atom. The SMILES string of the molecule is COC(=O)CCCS(=O)(=O)NCC1(C)COC1. The van der Waals surface area contributed by atoms with Gasteiger partial charge in [0.05, 0.1) is 26.1 Å². The van der Waals surface area contributed by atoms with E-state index in [4.69, 9.17) is 4.74 Å². The van der Waals surface area contributed by atoms with E-state index >= 15 is 0 Å². The summed E-state index contributed by atoms with van der Waals surface area (Å²) in [5.41, 5.74) is -0.0879. The van der Waals surface area contributed by atoms with Crippen molar-refractivity contribution >= 4 is 16.0 Å². The van der Waals surface area contributed by atoms with E-state index in [2.05, 4.69) is 9.46 Å². The smallest absolute Gasteiger partial charge is 0.305 e. The molecule has 0 unspecified atom stereocenters. The zero-order valence-corrected chi connectivity index (χ0v) is 11.0. The molecule has 1 aliphatic heterocycles. The van der Waals surface area contributed by atoms with Gasteiger partial charge in [0.25, 0.3) is 0 Å². The van der Waals surface area contributed by atoms with E-state index in [0.29, 0.717) is 19.8 Å². The summed E-state index contributed by atoms with van der Waals surface area (Å²) in [6.07, 6.45) is 0.396. The number of esters is 1. The zero-order chi connectivity index (χ0) is 12.9. The molecule has 0 atom stereocenters. The molecule has 1 rings (SSSR count). The molecule has 1 saturated heterocycles. The molecule has 1 fully saturated rings. The second kappa shape index (κ2) is 5.79. The van der Waals surface area contributed by atoms with Crippen molar-refractivity contribution in [3.05, 3.63) is 0 Å². The van der Waals surface area contributed by atoms with E-state index in [1.165, 1.54) is 7.11 Å². The minimum absolute atomic E-state index is 0.0565. The normalized spacial score (nSPS) is 18.5. The van der Waals surface area contributed by atoms with Crippen LogP contribution in [0.4, 0.5) is 0 Å². The van der Waals surface area contributed by atoms with Crippen molar-refractivity contribution in [2.24, 2.45) is 5.41 Å². The zero-order valence-electron chi connectivity index (χ0n) is 10.2. The van der Waals surface area contributed by atoms with Crippen LogP contribution in [-0.2, 0) is 24.3 Å². The van der Waals surface area contributed by atoms with Gasteiger partial charge in [-0.05, 0) is 6.42 Å². The molecular formula is C10H19NO5S. The first-order chi connectivity index (χ1) is 7.87. The van der Waals surface area contributed by atoms with Gasteiger partial charge in [-0.2, -0.15) is 0 Å². The van der Waals surface area contributed by atoms with Crippen LogP contribution in [0.5, 0.6) is 0 Å². The summed E-state index contributed by atoms with van der Waals surface area (Å²) in [4.78, 5) is 10.8. The van der Waals surface area contributed by atoms with Crippen molar-refractivity contribution in [3.8, 4) is 0 Å². The molecule has 7 heteroatoms. The van der Waals surface area contributed by atoms with Gasteiger partial charge in [0.1, 0.15) is 0 Å². The topological polar surface area (TPSA) is 81.7 Å². The molecule has 17 heavy (non-hydrogen) atoms. The van der Waals surface area contributed by atoms with E-state index in [0.717, 1.165) is 0 Å². The summed E-state index contributed by atoms with van der Waals surface area (Å²) in [6, 6.07) is 0. The Balaban J connectivity index is 2.24. The van der Waals surface area contributed by atoms with Gasteiger partial charge >= 0.3 is 5.97 Å². The van der Waals surface area contributed by atoms with E-state index in [9.17, 15) is 13.2 Å². The van der Waals surface area contributed by atoms with Crippen LogP contribution < -0.4 is 4.72 Å². The minimum atomic E-state index is -3.31. The lowest BCUT2D eigenvalue weighted by molar-refractivity contribution is -0.140. The second-order valence-electron chi connectivity index (χ2n) is 4.62. The van der Waals surface area contributed by atoms with Crippen LogP contribution in [0, 0.1) is 5.41 Å². The Bertz CT molecular complexity index is 361. The number of sulfonamides is 1. The third kappa shape index (κ3) is 5.01. The molecule has 0 bridgehead atoms. The largest absolute Gasteiger partial charge is 0.469 e. The Morgan fingerprint density at radius 3 is 2.59 bits per heavy atom. The van der Waals surface area contributed by atoms with Crippen molar-refractivity contribution in [3.63, 3.8) is 0 Å². The highest BCUT2D eigenvalue weighted by Crippen LogP contribution is 2.25. The van der Waals surface area contributed by atoms with Gasteiger partial charge < -0.3 is 9.47 Å². The second-order valence-corrected chi connectivity index (χ2v) is 6.55. The molecule has 0 aromatic heterocycles. The van der Waals surface area contributed by atoms with Crippen LogP contribution in [0.1, 0.15) is 19.8 Å². The number of ether oxygens (including phenoxy) is 2. The monoisotopic (exact) mass is 265 g/mol. The van der Waals surface area contributed by atoms with Crippen molar-refractivity contribution < 1.29 is 22.7 Å². The number of carbonyl (C=O) groups is 1. The van der Waals surface area contributed by atoms with E-state index in [-0.39, 0.29) is 30.0 Å². The molecule has 0 spiro atoms. The van der Waals surface area contributed by atoms with Gasteiger partial charge in [-0.25, -0.2) is 13.1 Å². The molecule has 0 aromatic carbocycles. The van der Waals surface area contributed by atoms with Gasteiger partial charge in [0.2, 0.25) is 10.0 Å². The molecule has 6 nitrogen and oxygen atoms in total. The standard InChI is InChI=1S/C10H19NO5S/c1-10(7-16-8-10)6-11-17(13,14)5-3-4-9(12)15-2/h11H,3-8H2,1-2H3. The molecule has 100 valence electrons. The van der Waals surface area contributed by atoms with Gasteiger partial charge in [0, 0.05) is 18.4 Å². The summed E-state index contributed by atoms with van der Waals surface area (Å²) in [6.45, 7) is 3.51. The highest BCUT2D eigenvalue weighted by atomic mass is 32.2. The lowest BCUT2D eigenvalue weighted by atomic mass is 9.89. The molecule has 0 radical (unpaired) electrons. The predicted octanol–water partition coefficient (Wildman–Crippen LogP) is -0.104. The molecule has 1 N–H and O–H groups in total. The first-order valence-corrected chi connectivity index (χ1v) is 7.14. The van der Waals surface area contributed by atoms with Crippen LogP contribution >= 0.6 is 0 Å². The summed E-state index contributed by atoms with van der Waals surface area (Å²) in [5, 5.41) is 0. The molecule has 1 aliphatic rings. The highest BCUT2D eigenvalue weighted by molar-refractivity contribution is 7.89. The Kier molecular flexibility index (Phi) is 4.91. The van der Waals surface area contributed by atoms with Crippen LogP contribution in [0.3, 0.4) is 0 Å².